The largest absolute Gasteiger partial charge is 0.338 e. The van der Waals surface area contributed by atoms with E-state index in [1.807, 2.05) is 6.07 Å². The minimum atomic E-state index is -4.48. The highest BCUT2D eigenvalue weighted by Crippen LogP contribution is 2.20. The van der Waals surface area contributed by atoms with Gasteiger partial charge in [0.15, 0.2) is 0 Å². The number of rotatable bonds is 3. The second kappa shape index (κ2) is 5.69. The highest BCUT2D eigenvalue weighted by molar-refractivity contribution is 7.86. The maximum atomic E-state index is 12.7. The molecule has 1 atom stereocenters. The third kappa shape index (κ3) is 4.02. The number of halogens is 1. The van der Waals surface area contributed by atoms with Gasteiger partial charge in [-0.3, -0.25) is 4.79 Å². The van der Waals surface area contributed by atoms with Crippen LogP contribution >= 0.6 is 0 Å². The molecule has 1 unspecified atom stereocenters. The van der Waals surface area contributed by atoms with Crippen molar-refractivity contribution in [3.05, 3.63) is 35.9 Å². The standard InChI is InChI=1S/C13H16FNO3S/c14-19(17,18)10-11-5-4-8-15(9-11)13(16)12-6-2-1-3-7-12/h1-3,6-7,11H,4-5,8-10H2. The Hall–Kier alpha value is -1.43. The summed E-state index contributed by atoms with van der Waals surface area (Å²) in [4.78, 5) is 13.8. The lowest BCUT2D eigenvalue weighted by Crippen LogP contribution is -2.41. The first kappa shape index (κ1) is 14.0. The van der Waals surface area contributed by atoms with E-state index < -0.39 is 16.0 Å². The first-order valence-corrected chi connectivity index (χ1v) is 7.77. The maximum absolute atomic E-state index is 12.7. The van der Waals surface area contributed by atoms with Crippen molar-refractivity contribution in [1.82, 2.24) is 4.90 Å². The summed E-state index contributed by atoms with van der Waals surface area (Å²) in [6.07, 6.45) is 1.35. The van der Waals surface area contributed by atoms with E-state index in [0.717, 1.165) is 0 Å². The fraction of sp³-hybridized carbons (Fsp3) is 0.462. The molecule has 1 aromatic carbocycles. The number of hydrogen-bond donors (Lipinski definition) is 0. The third-order valence-corrected chi connectivity index (χ3v) is 4.13. The molecular formula is C13H16FNO3S. The lowest BCUT2D eigenvalue weighted by atomic mass is 9.99. The minimum absolute atomic E-state index is 0.124. The Labute approximate surface area is 112 Å². The first-order valence-electron chi connectivity index (χ1n) is 6.22. The molecule has 1 fully saturated rings. The number of carbonyl (C=O) groups is 1. The van der Waals surface area contributed by atoms with E-state index in [1.165, 1.54) is 0 Å². The molecule has 0 saturated carbocycles. The Kier molecular flexibility index (Phi) is 4.19. The van der Waals surface area contributed by atoms with Gasteiger partial charge in [0.25, 0.3) is 5.91 Å². The molecule has 1 saturated heterocycles. The van der Waals surface area contributed by atoms with Gasteiger partial charge in [-0.15, -0.1) is 3.89 Å². The summed E-state index contributed by atoms with van der Waals surface area (Å²) in [5.41, 5.74) is 0.575. The Bertz CT molecular complexity index is 544. The van der Waals surface area contributed by atoms with Crippen molar-refractivity contribution in [3.63, 3.8) is 0 Å². The van der Waals surface area contributed by atoms with Crippen LogP contribution in [-0.2, 0) is 10.2 Å². The molecule has 0 bridgehead atoms. The van der Waals surface area contributed by atoms with Gasteiger partial charge < -0.3 is 4.90 Å². The molecule has 0 spiro atoms. The Balaban J connectivity index is 2.03. The van der Waals surface area contributed by atoms with Gasteiger partial charge in [0.05, 0.1) is 5.75 Å². The van der Waals surface area contributed by atoms with Crippen LogP contribution in [0.3, 0.4) is 0 Å². The molecule has 1 aliphatic heterocycles. The zero-order chi connectivity index (χ0) is 13.9. The van der Waals surface area contributed by atoms with Crippen LogP contribution in [0.5, 0.6) is 0 Å². The summed E-state index contributed by atoms with van der Waals surface area (Å²) >= 11 is 0. The average molecular weight is 285 g/mol. The smallest absolute Gasteiger partial charge is 0.302 e. The molecule has 1 aromatic rings. The zero-order valence-corrected chi connectivity index (χ0v) is 11.3. The average Bonchev–Trinajstić information content (AvgIpc) is 2.37. The number of nitrogens with zero attached hydrogens (tertiary/aromatic N) is 1. The van der Waals surface area contributed by atoms with E-state index in [-0.39, 0.29) is 11.8 Å². The minimum Gasteiger partial charge on any atom is -0.338 e. The molecule has 1 heterocycles. The summed E-state index contributed by atoms with van der Waals surface area (Å²) < 4.78 is 34.0. The van der Waals surface area contributed by atoms with Crippen molar-refractivity contribution in [2.75, 3.05) is 18.8 Å². The number of benzene rings is 1. The van der Waals surface area contributed by atoms with Gasteiger partial charge in [-0.05, 0) is 30.9 Å². The van der Waals surface area contributed by atoms with Crippen LogP contribution in [0.2, 0.25) is 0 Å². The quantitative estimate of drug-likeness (QED) is 0.796. The Morgan fingerprint density at radius 1 is 1.32 bits per heavy atom. The Morgan fingerprint density at radius 2 is 2.00 bits per heavy atom. The van der Waals surface area contributed by atoms with Gasteiger partial charge >= 0.3 is 10.2 Å². The second-order valence-corrected chi connectivity index (χ2v) is 6.24. The van der Waals surface area contributed by atoms with Gasteiger partial charge in [-0.1, -0.05) is 18.2 Å². The van der Waals surface area contributed by atoms with Gasteiger partial charge in [0.1, 0.15) is 0 Å². The topological polar surface area (TPSA) is 54.5 Å². The molecule has 1 aliphatic rings. The first-order chi connectivity index (χ1) is 8.96. The van der Waals surface area contributed by atoms with E-state index >= 15 is 0 Å². The lowest BCUT2D eigenvalue weighted by Gasteiger charge is -2.32. The summed E-state index contributed by atoms with van der Waals surface area (Å²) in [6.45, 7) is 0.896. The van der Waals surface area contributed by atoms with E-state index in [4.69, 9.17) is 0 Å². The van der Waals surface area contributed by atoms with Crippen molar-refractivity contribution in [3.8, 4) is 0 Å². The summed E-state index contributed by atoms with van der Waals surface area (Å²) in [5.74, 6) is -0.927. The van der Waals surface area contributed by atoms with Crippen molar-refractivity contribution in [1.29, 1.82) is 0 Å². The molecule has 0 aliphatic carbocycles. The van der Waals surface area contributed by atoms with Gasteiger partial charge in [-0.25, -0.2) is 0 Å². The molecule has 0 N–H and O–H groups in total. The van der Waals surface area contributed by atoms with Crippen LogP contribution in [0.25, 0.3) is 0 Å². The second-order valence-electron chi connectivity index (χ2n) is 4.83. The van der Waals surface area contributed by atoms with Crippen molar-refractivity contribution < 1.29 is 17.1 Å². The third-order valence-electron chi connectivity index (χ3n) is 3.26. The molecular weight excluding hydrogens is 269 g/mol. The van der Waals surface area contributed by atoms with E-state index in [2.05, 4.69) is 0 Å². The molecule has 4 nitrogen and oxygen atoms in total. The fourth-order valence-corrected chi connectivity index (χ4v) is 3.27. The molecule has 0 aromatic heterocycles. The van der Waals surface area contributed by atoms with Crippen LogP contribution in [-0.4, -0.2) is 38.1 Å². The van der Waals surface area contributed by atoms with Gasteiger partial charge in [-0.2, -0.15) is 8.42 Å². The van der Waals surface area contributed by atoms with Crippen molar-refractivity contribution >= 4 is 16.1 Å². The maximum Gasteiger partial charge on any atom is 0.302 e. The molecule has 6 heteroatoms. The van der Waals surface area contributed by atoms with Crippen LogP contribution in [0.15, 0.2) is 30.3 Å². The molecule has 0 radical (unpaired) electrons. The molecule has 104 valence electrons. The van der Waals surface area contributed by atoms with Crippen LogP contribution in [0, 0.1) is 5.92 Å². The highest BCUT2D eigenvalue weighted by atomic mass is 32.3. The van der Waals surface area contributed by atoms with Crippen molar-refractivity contribution in [2.24, 2.45) is 5.92 Å². The highest BCUT2D eigenvalue weighted by Gasteiger charge is 2.27. The monoisotopic (exact) mass is 285 g/mol. The predicted molar refractivity (Wildman–Crippen MR) is 70.0 cm³/mol. The summed E-state index contributed by atoms with van der Waals surface area (Å²) in [5, 5.41) is 0. The SMILES string of the molecule is O=C(c1ccccc1)N1CCCC(CS(=O)(=O)F)C1. The summed E-state index contributed by atoms with van der Waals surface area (Å²) in [6, 6.07) is 8.82. The van der Waals surface area contributed by atoms with Crippen LogP contribution in [0.1, 0.15) is 23.2 Å². The van der Waals surface area contributed by atoms with Crippen molar-refractivity contribution in [2.45, 2.75) is 12.8 Å². The number of likely N-dealkylation sites (tertiary alicyclic amines) is 1. The Morgan fingerprint density at radius 3 is 2.63 bits per heavy atom. The molecule has 1 amide bonds. The number of carbonyl (C=O) groups excluding carboxylic acids is 1. The van der Waals surface area contributed by atoms with Crippen LogP contribution in [0.4, 0.5) is 3.89 Å². The van der Waals surface area contributed by atoms with Gasteiger partial charge in [0.2, 0.25) is 0 Å². The van der Waals surface area contributed by atoms with E-state index in [1.54, 1.807) is 29.2 Å². The number of hydrogen-bond acceptors (Lipinski definition) is 3. The molecule has 2 rings (SSSR count). The van der Waals surface area contributed by atoms with Crippen LogP contribution < -0.4 is 0 Å². The predicted octanol–water partition coefficient (Wildman–Crippen LogP) is 1.84. The normalized spacial score (nSPS) is 20.3. The van der Waals surface area contributed by atoms with E-state index in [9.17, 15) is 17.1 Å². The number of amides is 1. The fourth-order valence-electron chi connectivity index (χ4n) is 2.43. The lowest BCUT2D eigenvalue weighted by molar-refractivity contribution is 0.0684. The summed E-state index contributed by atoms with van der Waals surface area (Å²) in [7, 11) is -4.48. The van der Waals surface area contributed by atoms with Gasteiger partial charge in [0, 0.05) is 18.7 Å². The molecule has 19 heavy (non-hydrogen) atoms. The van der Waals surface area contributed by atoms with E-state index in [0.29, 0.717) is 31.5 Å². The number of piperidine rings is 1. The zero-order valence-electron chi connectivity index (χ0n) is 10.5.